The molecule has 0 bridgehead atoms. The monoisotopic (exact) mass is 510 g/mol. The quantitative estimate of drug-likeness (QED) is 0.365. The molecule has 0 aliphatic heterocycles. The molecule has 0 aliphatic rings. The van der Waals surface area contributed by atoms with E-state index in [1.165, 1.54) is 23.1 Å². The molecule has 0 heterocycles. The smallest absolute Gasteiger partial charge is 0.271 e. The van der Waals surface area contributed by atoms with Gasteiger partial charge in [-0.15, -0.1) is 0 Å². The van der Waals surface area contributed by atoms with Gasteiger partial charge < -0.3 is 10.2 Å². The van der Waals surface area contributed by atoms with Crippen LogP contribution in [-0.4, -0.2) is 55.4 Å². The van der Waals surface area contributed by atoms with E-state index >= 15 is 0 Å². The van der Waals surface area contributed by atoms with Crippen LogP contribution in [0.5, 0.6) is 0 Å². The zero-order valence-corrected chi connectivity index (χ0v) is 20.7. The second kappa shape index (κ2) is 11.8. The number of hydrogen-bond donors (Lipinski definition) is 1. The predicted octanol–water partition coefficient (Wildman–Crippen LogP) is 2.96. The standard InChI is InChI=1S/C22H27ClN4O6S/c1-4-20(22(29)24-5-2)25(14-16-9-6-7-12-19(16)23)21(28)15-26(34(3,32)33)17-10-8-11-18(13-17)27(30)31/h6-13,20H,4-5,14-15H2,1-3H3,(H,24,29). The minimum atomic E-state index is -4.00. The molecule has 2 aromatic rings. The van der Waals surface area contributed by atoms with Gasteiger partial charge in [0.1, 0.15) is 12.6 Å². The zero-order valence-electron chi connectivity index (χ0n) is 19.1. The second-order valence-electron chi connectivity index (χ2n) is 7.48. The van der Waals surface area contributed by atoms with Crippen LogP contribution in [0.15, 0.2) is 48.5 Å². The molecule has 12 heteroatoms. The van der Waals surface area contributed by atoms with E-state index in [0.717, 1.165) is 16.6 Å². The summed E-state index contributed by atoms with van der Waals surface area (Å²) < 4.78 is 25.9. The first kappa shape index (κ1) is 27.1. The van der Waals surface area contributed by atoms with Crippen LogP contribution in [0.2, 0.25) is 5.02 Å². The number of carbonyl (C=O) groups excluding carboxylic acids is 2. The fraction of sp³-hybridized carbons (Fsp3) is 0.364. The highest BCUT2D eigenvalue weighted by Gasteiger charge is 2.32. The van der Waals surface area contributed by atoms with Crippen molar-refractivity contribution in [2.75, 3.05) is 23.7 Å². The predicted molar refractivity (Wildman–Crippen MR) is 130 cm³/mol. The van der Waals surface area contributed by atoms with Gasteiger partial charge in [0.05, 0.1) is 16.9 Å². The van der Waals surface area contributed by atoms with Crippen molar-refractivity contribution in [3.8, 4) is 0 Å². The number of carbonyl (C=O) groups is 2. The lowest BCUT2D eigenvalue weighted by Gasteiger charge is -2.33. The fourth-order valence-corrected chi connectivity index (χ4v) is 4.43. The van der Waals surface area contributed by atoms with E-state index in [4.69, 9.17) is 11.6 Å². The van der Waals surface area contributed by atoms with Gasteiger partial charge in [0.2, 0.25) is 21.8 Å². The van der Waals surface area contributed by atoms with E-state index in [-0.39, 0.29) is 30.2 Å². The van der Waals surface area contributed by atoms with Crippen molar-refractivity contribution in [1.82, 2.24) is 10.2 Å². The highest BCUT2D eigenvalue weighted by molar-refractivity contribution is 7.92. The molecule has 0 saturated heterocycles. The van der Waals surface area contributed by atoms with Gasteiger partial charge in [0.15, 0.2) is 0 Å². The molecule has 184 valence electrons. The van der Waals surface area contributed by atoms with Gasteiger partial charge in [-0.25, -0.2) is 8.42 Å². The van der Waals surface area contributed by atoms with Crippen LogP contribution < -0.4 is 9.62 Å². The average Bonchev–Trinajstić information content (AvgIpc) is 2.77. The highest BCUT2D eigenvalue weighted by atomic mass is 35.5. The lowest BCUT2D eigenvalue weighted by atomic mass is 10.1. The van der Waals surface area contributed by atoms with Gasteiger partial charge in [-0.3, -0.25) is 24.0 Å². The minimum absolute atomic E-state index is 0.0271. The van der Waals surface area contributed by atoms with Crippen molar-refractivity contribution in [3.63, 3.8) is 0 Å². The fourth-order valence-electron chi connectivity index (χ4n) is 3.40. The Kier molecular flexibility index (Phi) is 9.39. The van der Waals surface area contributed by atoms with Crippen LogP contribution in [0.25, 0.3) is 0 Å². The molecule has 0 saturated carbocycles. The van der Waals surface area contributed by atoms with E-state index in [1.807, 2.05) is 0 Å². The van der Waals surface area contributed by atoms with Crippen LogP contribution in [-0.2, 0) is 26.2 Å². The molecule has 0 aliphatic carbocycles. The van der Waals surface area contributed by atoms with E-state index < -0.39 is 33.4 Å². The van der Waals surface area contributed by atoms with Gasteiger partial charge >= 0.3 is 0 Å². The number of nitrogens with zero attached hydrogens (tertiary/aromatic N) is 3. The van der Waals surface area contributed by atoms with Crippen molar-refractivity contribution in [2.24, 2.45) is 0 Å². The van der Waals surface area contributed by atoms with Crippen molar-refractivity contribution >= 4 is 44.8 Å². The van der Waals surface area contributed by atoms with E-state index in [9.17, 15) is 28.1 Å². The van der Waals surface area contributed by atoms with Crippen LogP contribution >= 0.6 is 11.6 Å². The van der Waals surface area contributed by atoms with Gasteiger partial charge in [-0.1, -0.05) is 42.8 Å². The van der Waals surface area contributed by atoms with Gasteiger partial charge in [-0.05, 0) is 31.0 Å². The molecule has 2 rings (SSSR count). The largest absolute Gasteiger partial charge is 0.355 e. The molecule has 0 radical (unpaired) electrons. The Morgan fingerprint density at radius 3 is 2.38 bits per heavy atom. The molecule has 1 N–H and O–H groups in total. The summed E-state index contributed by atoms with van der Waals surface area (Å²) in [6, 6.07) is 10.9. The molecule has 2 aromatic carbocycles. The maximum Gasteiger partial charge on any atom is 0.271 e. The maximum atomic E-state index is 13.5. The van der Waals surface area contributed by atoms with E-state index in [2.05, 4.69) is 5.32 Å². The highest BCUT2D eigenvalue weighted by Crippen LogP contribution is 2.25. The number of anilines is 1. The molecule has 2 amide bonds. The van der Waals surface area contributed by atoms with Gasteiger partial charge in [0.25, 0.3) is 5.69 Å². The number of amides is 2. The van der Waals surface area contributed by atoms with Crippen LogP contribution in [0.1, 0.15) is 25.8 Å². The number of non-ortho nitro benzene ring substituents is 1. The summed E-state index contributed by atoms with van der Waals surface area (Å²) in [5.41, 5.74) is 0.232. The maximum absolute atomic E-state index is 13.5. The Morgan fingerprint density at radius 2 is 1.82 bits per heavy atom. The summed E-state index contributed by atoms with van der Waals surface area (Å²) in [5, 5.41) is 14.2. The molecule has 0 spiro atoms. The third-order valence-corrected chi connectivity index (χ3v) is 6.55. The number of nitro benzene ring substituents is 1. The molecule has 1 unspecified atom stereocenters. The number of rotatable bonds is 11. The summed E-state index contributed by atoms with van der Waals surface area (Å²) >= 11 is 6.27. The molecular formula is C22H27ClN4O6S. The van der Waals surface area contributed by atoms with Gasteiger partial charge in [0, 0.05) is 30.2 Å². The number of benzene rings is 2. The van der Waals surface area contributed by atoms with Gasteiger partial charge in [-0.2, -0.15) is 0 Å². The van der Waals surface area contributed by atoms with Crippen LogP contribution in [0.4, 0.5) is 11.4 Å². The molecule has 0 fully saturated rings. The minimum Gasteiger partial charge on any atom is -0.355 e. The molecule has 0 aromatic heterocycles. The number of sulfonamides is 1. The molecular weight excluding hydrogens is 484 g/mol. The number of likely N-dealkylation sites (N-methyl/N-ethyl adjacent to an activating group) is 1. The third kappa shape index (κ3) is 6.91. The summed E-state index contributed by atoms with van der Waals surface area (Å²) in [6.07, 6.45) is 1.18. The van der Waals surface area contributed by atoms with Crippen molar-refractivity contribution in [3.05, 3.63) is 69.2 Å². The average molecular weight is 511 g/mol. The summed E-state index contributed by atoms with van der Waals surface area (Å²) in [4.78, 5) is 38.0. The number of halogens is 1. The van der Waals surface area contributed by atoms with E-state index in [0.29, 0.717) is 17.1 Å². The Balaban J connectivity index is 2.48. The summed E-state index contributed by atoms with van der Waals surface area (Å²) in [5.74, 6) is -1.04. The Labute approximate surface area is 203 Å². The molecule has 10 nitrogen and oxygen atoms in total. The topological polar surface area (TPSA) is 130 Å². The summed E-state index contributed by atoms with van der Waals surface area (Å²) in [7, 11) is -4.00. The van der Waals surface area contributed by atoms with Crippen LogP contribution in [0, 0.1) is 10.1 Å². The summed E-state index contributed by atoms with van der Waals surface area (Å²) in [6.45, 7) is 3.16. The number of nitro groups is 1. The molecule has 34 heavy (non-hydrogen) atoms. The van der Waals surface area contributed by atoms with Crippen molar-refractivity contribution in [1.29, 1.82) is 0 Å². The SMILES string of the molecule is CCNC(=O)C(CC)N(Cc1ccccc1Cl)C(=O)CN(c1cccc([N+](=O)[O-])c1)S(C)(=O)=O. The number of nitrogens with one attached hydrogen (secondary N) is 1. The lowest BCUT2D eigenvalue weighted by molar-refractivity contribution is -0.384. The number of hydrogen-bond acceptors (Lipinski definition) is 6. The Bertz CT molecular complexity index is 1160. The Morgan fingerprint density at radius 1 is 1.15 bits per heavy atom. The first-order valence-electron chi connectivity index (χ1n) is 10.5. The van der Waals surface area contributed by atoms with E-state index in [1.54, 1.807) is 38.1 Å². The van der Waals surface area contributed by atoms with Crippen molar-refractivity contribution < 1.29 is 22.9 Å². The zero-order chi connectivity index (χ0) is 25.5. The molecule has 1 atom stereocenters. The second-order valence-corrected chi connectivity index (χ2v) is 9.79. The first-order chi connectivity index (χ1) is 16.0. The lowest BCUT2D eigenvalue weighted by Crippen LogP contribution is -2.52. The Hall–Kier alpha value is -3.18. The van der Waals surface area contributed by atoms with Crippen LogP contribution in [0.3, 0.4) is 0 Å². The first-order valence-corrected chi connectivity index (χ1v) is 12.7. The third-order valence-electron chi connectivity index (χ3n) is 5.04. The van der Waals surface area contributed by atoms with Crippen molar-refractivity contribution in [2.45, 2.75) is 32.9 Å². The normalized spacial score (nSPS) is 12.0.